The molecule has 0 unspecified atom stereocenters. The van der Waals surface area contributed by atoms with Crippen molar-refractivity contribution >= 4 is 67.2 Å². The highest BCUT2D eigenvalue weighted by atomic mass is 35.5. The van der Waals surface area contributed by atoms with E-state index in [2.05, 4.69) is 25.2 Å². The van der Waals surface area contributed by atoms with Gasteiger partial charge in [-0.15, -0.1) is 11.3 Å². The summed E-state index contributed by atoms with van der Waals surface area (Å²) in [5, 5.41) is 6.94. The lowest BCUT2D eigenvalue weighted by atomic mass is 10.1. The van der Waals surface area contributed by atoms with Gasteiger partial charge >= 0.3 is 6.03 Å². The number of hydrogen-bond acceptors (Lipinski definition) is 6. The summed E-state index contributed by atoms with van der Waals surface area (Å²) in [6.45, 7) is 4.52. The summed E-state index contributed by atoms with van der Waals surface area (Å²) in [5.74, 6) is 0. The Labute approximate surface area is 212 Å². The number of nitrogens with one attached hydrogen (secondary N) is 3. The number of nitrogens with zero attached hydrogens (tertiary/aromatic N) is 2. The molecule has 1 aliphatic heterocycles. The van der Waals surface area contributed by atoms with E-state index in [0.717, 1.165) is 46.7 Å². The molecule has 12 heteroatoms. The van der Waals surface area contributed by atoms with E-state index in [-0.39, 0.29) is 25.6 Å². The Morgan fingerprint density at radius 1 is 1.21 bits per heavy atom. The second kappa shape index (κ2) is 10.8. The van der Waals surface area contributed by atoms with Crippen molar-refractivity contribution in [3.8, 4) is 0 Å². The van der Waals surface area contributed by atoms with Gasteiger partial charge in [-0.25, -0.2) is 17.9 Å². The van der Waals surface area contributed by atoms with Crippen molar-refractivity contribution in [3.63, 3.8) is 0 Å². The van der Waals surface area contributed by atoms with E-state index in [4.69, 9.17) is 23.2 Å². The van der Waals surface area contributed by atoms with E-state index in [1.165, 1.54) is 6.07 Å². The second-order valence-electron chi connectivity index (χ2n) is 8.13. The SMILES string of the molecule is Cc1cc(NC(=O)NCCN2CCC(NS(=O)(=O)c3cc(Cl)c(Cl)s3)CC2)c2ccccc2n1. The van der Waals surface area contributed by atoms with Crippen LogP contribution in [-0.2, 0) is 10.0 Å². The fraction of sp³-hybridized carbons (Fsp3) is 0.364. The maximum Gasteiger partial charge on any atom is 0.319 e. The van der Waals surface area contributed by atoms with Crippen molar-refractivity contribution in [1.29, 1.82) is 0 Å². The average molecular weight is 543 g/mol. The molecule has 8 nitrogen and oxygen atoms in total. The maximum atomic E-state index is 12.6. The molecule has 34 heavy (non-hydrogen) atoms. The van der Waals surface area contributed by atoms with Gasteiger partial charge in [0.2, 0.25) is 10.0 Å². The number of pyridine rings is 1. The smallest absolute Gasteiger partial charge is 0.319 e. The Hall–Kier alpha value is -1.95. The minimum absolute atomic E-state index is 0.123. The summed E-state index contributed by atoms with van der Waals surface area (Å²) in [7, 11) is -3.64. The summed E-state index contributed by atoms with van der Waals surface area (Å²) >= 11 is 12.7. The molecular formula is C22H25Cl2N5O3S2. The number of fused-ring (bicyclic) bond motifs is 1. The molecule has 0 radical (unpaired) electrons. The van der Waals surface area contributed by atoms with E-state index in [1.807, 2.05) is 37.3 Å². The van der Waals surface area contributed by atoms with Crippen LogP contribution in [0.5, 0.6) is 0 Å². The van der Waals surface area contributed by atoms with E-state index in [1.54, 1.807) is 0 Å². The molecule has 0 spiro atoms. The third-order valence-electron chi connectivity index (χ3n) is 5.60. The second-order valence-corrected chi connectivity index (χ2v) is 12.1. The summed E-state index contributed by atoms with van der Waals surface area (Å²) in [5.41, 5.74) is 2.39. The number of hydrogen-bond donors (Lipinski definition) is 3. The molecule has 1 aromatic carbocycles. The van der Waals surface area contributed by atoms with Crippen molar-refractivity contribution in [2.45, 2.75) is 30.0 Å². The fourth-order valence-corrected chi connectivity index (χ4v) is 7.12. The number of thiophene rings is 1. The molecular weight excluding hydrogens is 517 g/mol. The zero-order chi connectivity index (χ0) is 24.3. The third kappa shape index (κ3) is 6.18. The number of carbonyl (C=O) groups excluding carboxylic acids is 1. The standard InChI is InChI=1S/C22H25Cl2N5O3S2/c1-14-12-19(16-4-2-3-5-18(16)26-14)27-22(30)25-8-11-29-9-6-15(7-10-29)28-34(31,32)20-13-17(23)21(24)33-20/h2-5,12-13,15,28H,6-11H2,1H3,(H2,25,26,27,30). The molecule has 3 heterocycles. The van der Waals surface area contributed by atoms with E-state index >= 15 is 0 Å². The summed E-state index contributed by atoms with van der Waals surface area (Å²) < 4.78 is 28.2. The van der Waals surface area contributed by atoms with Gasteiger partial charge in [0.25, 0.3) is 0 Å². The number of anilines is 1. The number of carbonyl (C=O) groups is 1. The zero-order valence-electron chi connectivity index (χ0n) is 18.5. The number of aromatic nitrogens is 1. The van der Waals surface area contributed by atoms with Crippen LogP contribution >= 0.6 is 34.5 Å². The first-order valence-corrected chi connectivity index (χ1v) is 13.9. The number of likely N-dealkylation sites (tertiary alicyclic amines) is 1. The third-order valence-corrected chi connectivity index (χ3v) is 9.46. The van der Waals surface area contributed by atoms with Crippen molar-refractivity contribution in [3.05, 3.63) is 51.5 Å². The molecule has 4 rings (SSSR count). The molecule has 1 aliphatic rings. The zero-order valence-corrected chi connectivity index (χ0v) is 21.6. The van der Waals surface area contributed by atoms with Crippen LogP contribution in [0.4, 0.5) is 10.5 Å². The van der Waals surface area contributed by atoms with Crippen LogP contribution in [0, 0.1) is 6.92 Å². The number of piperidine rings is 1. The van der Waals surface area contributed by atoms with Gasteiger partial charge in [-0.05, 0) is 51.1 Å². The Morgan fingerprint density at radius 2 is 1.94 bits per heavy atom. The highest BCUT2D eigenvalue weighted by Gasteiger charge is 2.26. The first-order valence-electron chi connectivity index (χ1n) is 10.8. The van der Waals surface area contributed by atoms with Gasteiger partial charge in [0, 0.05) is 30.2 Å². The number of para-hydroxylation sites is 1. The van der Waals surface area contributed by atoms with Gasteiger partial charge in [0.05, 0.1) is 16.2 Å². The number of aryl methyl sites for hydroxylation is 1. The molecule has 0 atom stereocenters. The monoisotopic (exact) mass is 541 g/mol. The number of rotatable bonds is 7. The minimum Gasteiger partial charge on any atom is -0.337 e. The van der Waals surface area contributed by atoms with Crippen molar-refractivity contribution in [2.75, 3.05) is 31.5 Å². The lowest BCUT2D eigenvalue weighted by molar-refractivity contribution is 0.206. The molecule has 2 amide bonds. The van der Waals surface area contributed by atoms with E-state index in [9.17, 15) is 13.2 Å². The number of amides is 2. The van der Waals surface area contributed by atoms with Crippen LogP contribution in [0.1, 0.15) is 18.5 Å². The molecule has 1 fully saturated rings. The highest BCUT2D eigenvalue weighted by Crippen LogP contribution is 2.34. The maximum absolute atomic E-state index is 12.6. The van der Waals surface area contributed by atoms with Gasteiger partial charge in [0.1, 0.15) is 8.55 Å². The predicted octanol–water partition coefficient (Wildman–Crippen LogP) is 4.48. The van der Waals surface area contributed by atoms with Crippen LogP contribution in [0.2, 0.25) is 9.36 Å². The van der Waals surface area contributed by atoms with E-state index < -0.39 is 10.0 Å². The van der Waals surface area contributed by atoms with Gasteiger partial charge in [0.15, 0.2) is 0 Å². The number of sulfonamides is 1. The van der Waals surface area contributed by atoms with E-state index in [0.29, 0.717) is 25.9 Å². The van der Waals surface area contributed by atoms with Gasteiger partial charge in [-0.2, -0.15) is 0 Å². The Bertz CT molecular complexity index is 1270. The van der Waals surface area contributed by atoms with Crippen molar-refractivity contribution < 1.29 is 13.2 Å². The Kier molecular flexibility index (Phi) is 7.96. The van der Waals surface area contributed by atoms with Crippen molar-refractivity contribution in [2.24, 2.45) is 0 Å². The van der Waals surface area contributed by atoms with Crippen molar-refractivity contribution in [1.82, 2.24) is 19.9 Å². The van der Waals surface area contributed by atoms with Crippen LogP contribution < -0.4 is 15.4 Å². The Morgan fingerprint density at radius 3 is 2.65 bits per heavy atom. The quantitative estimate of drug-likeness (QED) is 0.409. The molecule has 2 aromatic heterocycles. The summed E-state index contributed by atoms with van der Waals surface area (Å²) in [6.07, 6.45) is 1.36. The molecule has 0 aliphatic carbocycles. The highest BCUT2D eigenvalue weighted by molar-refractivity contribution is 7.91. The summed E-state index contributed by atoms with van der Waals surface area (Å²) in [4.78, 5) is 19.1. The van der Waals surface area contributed by atoms with Gasteiger partial charge < -0.3 is 15.5 Å². The normalized spacial score (nSPS) is 15.5. The van der Waals surface area contributed by atoms with Gasteiger partial charge in [-0.3, -0.25) is 4.98 Å². The molecule has 182 valence electrons. The molecule has 0 saturated carbocycles. The fourth-order valence-electron chi connectivity index (χ4n) is 3.92. The number of urea groups is 1. The van der Waals surface area contributed by atoms with Crippen LogP contribution in [0.15, 0.2) is 40.6 Å². The Balaban J connectivity index is 1.22. The predicted molar refractivity (Wildman–Crippen MR) is 138 cm³/mol. The molecule has 3 aromatic rings. The summed E-state index contributed by atoms with van der Waals surface area (Å²) in [6, 6.07) is 10.5. The van der Waals surface area contributed by atoms with Gasteiger partial charge in [-0.1, -0.05) is 41.4 Å². The lowest BCUT2D eigenvalue weighted by Gasteiger charge is -2.32. The topological polar surface area (TPSA) is 103 Å². The first-order chi connectivity index (χ1) is 16.2. The average Bonchev–Trinajstić information content (AvgIpc) is 3.14. The largest absolute Gasteiger partial charge is 0.337 e. The lowest BCUT2D eigenvalue weighted by Crippen LogP contribution is -2.46. The molecule has 3 N–H and O–H groups in total. The minimum atomic E-state index is -3.64. The van der Waals surface area contributed by atoms with Crippen LogP contribution in [0.25, 0.3) is 10.9 Å². The van der Waals surface area contributed by atoms with Crippen LogP contribution in [-0.4, -0.2) is 56.6 Å². The van der Waals surface area contributed by atoms with Crippen LogP contribution in [0.3, 0.4) is 0 Å². The molecule has 1 saturated heterocycles. The number of benzene rings is 1. The number of halogens is 2. The molecule has 0 bridgehead atoms. The first kappa shape index (κ1) is 25.2.